The summed E-state index contributed by atoms with van der Waals surface area (Å²) in [5.74, 6) is 0. The molecule has 6 nitrogen and oxygen atoms in total. The number of rotatable bonds is 4. The van der Waals surface area contributed by atoms with Gasteiger partial charge in [0.1, 0.15) is 0 Å². The van der Waals surface area contributed by atoms with E-state index in [0.717, 1.165) is 5.69 Å². The first-order valence-electron chi connectivity index (χ1n) is 4.93. The van der Waals surface area contributed by atoms with Crippen LogP contribution >= 0.6 is 23.2 Å². The molecule has 8 heteroatoms. The molecule has 0 aliphatic heterocycles. The third-order valence-corrected chi connectivity index (χ3v) is 2.85. The van der Waals surface area contributed by atoms with Gasteiger partial charge in [-0.3, -0.25) is 15.2 Å². The third kappa shape index (κ3) is 2.72. The predicted octanol–water partition coefficient (Wildman–Crippen LogP) is 3.24. The number of anilines is 1. The molecule has 0 atom stereocenters. The predicted molar refractivity (Wildman–Crippen MR) is 69.0 cm³/mol. The Kier molecular flexibility index (Phi) is 3.69. The lowest BCUT2D eigenvalue weighted by atomic mass is 10.2. The molecule has 0 fully saturated rings. The normalized spacial score (nSPS) is 10.3. The molecule has 0 radical (unpaired) electrons. The summed E-state index contributed by atoms with van der Waals surface area (Å²) in [5.41, 5.74) is 1.16. The molecule has 0 saturated carbocycles. The van der Waals surface area contributed by atoms with E-state index >= 15 is 0 Å². The molecule has 0 amide bonds. The van der Waals surface area contributed by atoms with Crippen molar-refractivity contribution in [2.45, 2.75) is 6.54 Å². The van der Waals surface area contributed by atoms with Gasteiger partial charge in [-0.15, -0.1) is 0 Å². The van der Waals surface area contributed by atoms with E-state index in [-0.39, 0.29) is 15.7 Å². The van der Waals surface area contributed by atoms with E-state index < -0.39 is 4.92 Å². The maximum absolute atomic E-state index is 10.6. The van der Waals surface area contributed by atoms with Gasteiger partial charge in [-0.2, -0.15) is 5.10 Å². The van der Waals surface area contributed by atoms with Crippen molar-refractivity contribution in [3.63, 3.8) is 0 Å². The average molecular weight is 287 g/mol. The van der Waals surface area contributed by atoms with Gasteiger partial charge >= 0.3 is 0 Å². The molecule has 1 aromatic carbocycles. The summed E-state index contributed by atoms with van der Waals surface area (Å²) in [6, 6.07) is 4.30. The summed E-state index contributed by atoms with van der Waals surface area (Å²) in [6.07, 6.45) is 1.62. The maximum atomic E-state index is 10.6. The van der Waals surface area contributed by atoms with Crippen molar-refractivity contribution in [1.82, 2.24) is 10.2 Å². The number of hydrogen-bond acceptors (Lipinski definition) is 4. The number of halogens is 2. The number of hydrogen-bond donors (Lipinski definition) is 2. The molecule has 0 bridgehead atoms. The van der Waals surface area contributed by atoms with Gasteiger partial charge in [-0.25, -0.2) is 0 Å². The van der Waals surface area contributed by atoms with Crippen LogP contribution in [0.2, 0.25) is 10.0 Å². The van der Waals surface area contributed by atoms with E-state index in [0.29, 0.717) is 12.2 Å². The van der Waals surface area contributed by atoms with Gasteiger partial charge in [0, 0.05) is 18.3 Å². The van der Waals surface area contributed by atoms with Gasteiger partial charge in [0.15, 0.2) is 0 Å². The fourth-order valence-electron chi connectivity index (χ4n) is 1.40. The van der Waals surface area contributed by atoms with Crippen LogP contribution in [0.25, 0.3) is 0 Å². The molecule has 0 spiro atoms. The van der Waals surface area contributed by atoms with E-state index in [1.165, 1.54) is 12.1 Å². The van der Waals surface area contributed by atoms with Crippen molar-refractivity contribution in [2.75, 3.05) is 5.32 Å². The molecule has 0 unspecified atom stereocenters. The largest absolute Gasteiger partial charge is 0.377 e. The highest BCUT2D eigenvalue weighted by atomic mass is 35.5. The number of nitro groups is 1. The zero-order valence-electron chi connectivity index (χ0n) is 8.98. The van der Waals surface area contributed by atoms with Crippen molar-refractivity contribution in [1.29, 1.82) is 0 Å². The van der Waals surface area contributed by atoms with Crippen LogP contribution in [-0.4, -0.2) is 15.1 Å². The van der Waals surface area contributed by atoms with Gasteiger partial charge in [0.2, 0.25) is 0 Å². The van der Waals surface area contributed by atoms with E-state index in [4.69, 9.17) is 23.2 Å². The molecule has 2 rings (SSSR count). The van der Waals surface area contributed by atoms with Gasteiger partial charge in [0.25, 0.3) is 5.69 Å². The molecule has 2 aromatic rings. The minimum atomic E-state index is -0.545. The Balaban J connectivity index is 2.20. The Morgan fingerprint density at radius 3 is 2.56 bits per heavy atom. The Bertz CT molecular complexity index is 548. The number of benzene rings is 1. The van der Waals surface area contributed by atoms with Crippen molar-refractivity contribution in [3.05, 3.63) is 50.2 Å². The van der Waals surface area contributed by atoms with Crippen LogP contribution in [0.5, 0.6) is 0 Å². The highest BCUT2D eigenvalue weighted by Gasteiger charge is 2.14. The summed E-state index contributed by atoms with van der Waals surface area (Å²) in [4.78, 5) is 10.1. The summed E-state index contributed by atoms with van der Waals surface area (Å²) in [7, 11) is 0. The number of aromatic nitrogens is 2. The number of non-ortho nitro benzene ring substituents is 1. The fraction of sp³-hybridized carbons (Fsp3) is 0.100. The van der Waals surface area contributed by atoms with Crippen LogP contribution in [0.15, 0.2) is 24.4 Å². The van der Waals surface area contributed by atoms with Gasteiger partial charge in [0.05, 0.1) is 32.9 Å². The molecule has 0 aliphatic carbocycles. The first-order valence-corrected chi connectivity index (χ1v) is 5.69. The fourth-order valence-corrected chi connectivity index (χ4v) is 2.01. The van der Waals surface area contributed by atoms with Gasteiger partial charge in [-0.05, 0) is 6.07 Å². The lowest BCUT2D eigenvalue weighted by molar-refractivity contribution is -0.384. The van der Waals surface area contributed by atoms with Crippen LogP contribution in [0.1, 0.15) is 5.69 Å². The molecule has 1 aromatic heterocycles. The smallest absolute Gasteiger partial charge is 0.272 e. The summed E-state index contributed by atoms with van der Waals surface area (Å²) >= 11 is 11.9. The molecule has 1 heterocycles. The number of H-pyrrole nitrogens is 1. The Morgan fingerprint density at radius 1 is 1.39 bits per heavy atom. The minimum absolute atomic E-state index is 0.142. The summed E-state index contributed by atoms with van der Waals surface area (Å²) in [5, 5.41) is 20.6. The molecule has 94 valence electrons. The standard InChI is InChI=1S/C10H8Cl2N4O2/c11-8-3-7(16(17)18)4-9(12)10(8)13-5-6-1-2-14-15-6/h1-4,13H,5H2,(H,14,15). The third-order valence-electron chi connectivity index (χ3n) is 2.25. The second-order valence-electron chi connectivity index (χ2n) is 3.48. The monoisotopic (exact) mass is 286 g/mol. The summed E-state index contributed by atoms with van der Waals surface area (Å²) < 4.78 is 0. The van der Waals surface area contributed by atoms with Gasteiger partial charge < -0.3 is 5.32 Å². The quantitative estimate of drug-likeness (QED) is 0.668. The minimum Gasteiger partial charge on any atom is -0.377 e. The molecule has 0 aliphatic rings. The topological polar surface area (TPSA) is 83.8 Å². The van der Waals surface area contributed by atoms with E-state index in [2.05, 4.69) is 15.5 Å². The average Bonchev–Trinajstić information content (AvgIpc) is 2.80. The van der Waals surface area contributed by atoms with E-state index in [1.807, 2.05) is 0 Å². The zero-order valence-corrected chi connectivity index (χ0v) is 10.5. The number of nitro benzene ring substituents is 1. The van der Waals surface area contributed by atoms with Crippen molar-refractivity contribution in [2.24, 2.45) is 0 Å². The van der Waals surface area contributed by atoms with Crippen LogP contribution in [-0.2, 0) is 6.54 Å². The number of nitrogens with zero attached hydrogens (tertiary/aromatic N) is 2. The zero-order chi connectivity index (χ0) is 13.1. The molecular formula is C10H8Cl2N4O2. The SMILES string of the molecule is O=[N+]([O-])c1cc(Cl)c(NCc2ccn[nH]2)c(Cl)c1. The molecule has 18 heavy (non-hydrogen) atoms. The van der Waals surface area contributed by atoms with Crippen molar-refractivity contribution < 1.29 is 4.92 Å². The van der Waals surface area contributed by atoms with Gasteiger partial charge in [-0.1, -0.05) is 23.2 Å². The lowest BCUT2D eigenvalue weighted by Crippen LogP contribution is -2.01. The Hall–Kier alpha value is -1.79. The van der Waals surface area contributed by atoms with Crippen LogP contribution < -0.4 is 5.32 Å². The molecular weight excluding hydrogens is 279 g/mol. The van der Waals surface area contributed by atoms with E-state index in [1.54, 1.807) is 12.3 Å². The second kappa shape index (κ2) is 5.24. The van der Waals surface area contributed by atoms with Crippen molar-refractivity contribution in [3.8, 4) is 0 Å². The highest BCUT2D eigenvalue weighted by molar-refractivity contribution is 6.39. The number of aromatic amines is 1. The molecule has 2 N–H and O–H groups in total. The number of nitrogens with one attached hydrogen (secondary N) is 2. The first-order chi connectivity index (χ1) is 8.58. The van der Waals surface area contributed by atoms with E-state index in [9.17, 15) is 10.1 Å². The van der Waals surface area contributed by atoms with Crippen LogP contribution in [0.4, 0.5) is 11.4 Å². The second-order valence-corrected chi connectivity index (χ2v) is 4.29. The summed E-state index contributed by atoms with van der Waals surface area (Å²) in [6.45, 7) is 0.442. The van der Waals surface area contributed by atoms with Crippen LogP contribution in [0, 0.1) is 10.1 Å². The van der Waals surface area contributed by atoms with Crippen molar-refractivity contribution >= 4 is 34.6 Å². The Morgan fingerprint density at radius 2 is 2.06 bits per heavy atom. The van der Waals surface area contributed by atoms with Crippen LogP contribution in [0.3, 0.4) is 0 Å². The molecule has 0 saturated heterocycles. The first kappa shape index (κ1) is 12.7. The maximum Gasteiger partial charge on any atom is 0.272 e. The lowest BCUT2D eigenvalue weighted by Gasteiger charge is -2.09. The Labute approximate surface area is 112 Å². The highest BCUT2D eigenvalue weighted by Crippen LogP contribution is 2.34.